The molecule has 0 saturated carbocycles. The Morgan fingerprint density at radius 3 is 2.73 bits per heavy atom. The maximum absolute atomic E-state index is 2.40. The molecule has 3 aliphatic rings. The van der Waals surface area contributed by atoms with E-state index < -0.39 is 0 Å². The van der Waals surface area contributed by atoms with Crippen molar-refractivity contribution in [3.63, 3.8) is 0 Å². The van der Waals surface area contributed by atoms with E-state index in [4.69, 9.17) is 0 Å². The SMILES string of the molecule is CC1=C(C)[C@H]2[C@H]3CCP2[C@H]1C3. The van der Waals surface area contributed by atoms with Crippen molar-refractivity contribution >= 4 is 7.92 Å². The molecule has 3 aliphatic heterocycles. The van der Waals surface area contributed by atoms with Crippen molar-refractivity contribution in [2.24, 2.45) is 5.92 Å². The van der Waals surface area contributed by atoms with Gasteiger partial charge < -0.3 is 0 Å². The maximum Gasteiger partial charge on any atom is 0.00347 e. The van der Waals surface area contributed by atoms with Crippen LogP contribution in [-0.4, -0.2) is 17.5 Å². The van der Waals surface area contributed by atoms with Crippen LogP contribution in [0.4, 0.5) is 0 Å². The minimum atomic E-state index is 0.467. The van der Waals surface area contributed by atoms with Gasteiger partial charge in [-0.25, -0.2) is 0 Å². The summed E-state index contributed by atoms with van der Waals surface area (Å²) in [5.41, 5.74) is 5.79. The molecule has 2 fully saturated rings. The van der Waals surface area contributed by atoms with Crippen LogP contribution in [0.5, 0.6) is 0 Å². The lowest BCUT2D eigenvalue weighted by molar-refractivity contribution is 0.495. The highest BCUT2D eigenvalue weighted by atomic mass is 31.1. The number of hydrogen-bond acceptors (Lipinski definition) is 0. The second kappa shape index (κ2) is 1.91. The lowest BCUT2D eigenvalue weighted by Crippen LogP contribution is -2.16. The first-order valence-electron chi connectivity index (χ1n) is 4.72. The Kier molecular flexibility index (Phi) is 1.16. The minimum absolute atomic E-state index is 0.467. The summed E-state index contributed by atoms with van der Waals surface area (Å²) in [4.78, 5) is 0. The van der Waals surface area contributed by atoms with Crippen LogP contribution in [0.3, 0.4) is 0 Å². The molecule has 0 amide bonds. The molecule has 0 aliphatic carbocycles. The van der Waals surface area contributed by atoms with Crippen LogP contribution < -0.4 is 0 Å². The van der Waals surface area contributed by atoms with E-state index in [-0.39, 0.29) is 0 Å². The van der Waals surface area contributed by atoms with E-state index in [1.54, 1.807) is 30.1 Å². The van der Waals surface area contributed by atoms with Gasteiger partial charge in [0.1, 0.15) is 0 Å². The van der Waals surface area contributed by atoms with E-state index in [1.807, 2.05) is 0 Å². The summed E-state index contributed by atoms with van der Waals surface area (Å²) in [6, 6.07) is 0. The van der Waals surface area contributed by atoms with Gasteiger partial charge in [0.15, 0.2) is 0 Å². The lowest BCUT2D eigenvalue weighted by Gasteiger charge is -2.22. The van der Waals surface area contributed by atoms with Gasteiger partial charge in [-0.1, -0.05) is 19.1 Å². The molecule has 0 aromatic heterocycles. The molecular weight excluding hydrogens is 151 g/mol. The van der Waals surface area contributed by atoms with Gasteiger partial charge in [-0.05, 0) is 38.8 Å². The third-order valence-electron chi connectivity index (χ3n) is 4.05. The molecule has 3 rings (SSSR count). The standard InChI is InChI=1S/C10H15P/c1-6-7(2)10-8-3-4-11(10)9(6)5-8/h8-10H,3-5H2,1-2H3/t8-,9-,10-,11?/m0/s1. The van der Waals surface area contributed by atoms with Crippen molar-refractivity contribution in [3.05, 3.63) is 11.1 Å². The van der Waals surface area contributed by atoms with Gasteiger partial charge in [0.2, 0.25) is 0 Å². The topological polar surface area (TPSA) is 0 Å². The molecule has 0 nitrogen and oxygen atoms in total. The summed E-state index contributed by atoms with van der Waals surface area (Å²) in [5.74, 6) is 1.13. The van der Waals surface area contributed by atoms with Gasteiger partial charge in [0.25, 0.3) is 0 Å². The van der Waals surface area contributed by atoms with E-state index in [0.29, 0.717) is 7.92 Å². The highest BCUT2D eigenvalue weighted by Crippen LogP contribution is 2.73. The summed E-state index contributed by atoms with van der Waals surface area (Å²) in [6.07, 6.45) is 4.74. The van der Waals surface area contributed by atoms with Crippen LogP contribution in [0.1, 0.15) is 26.7 Å². The van der Waals surface area contributed by atoms with Gasteiger partial charge >= 0.3 is 0 Å². The molecule has 4 atom stereocenters. The highest BCUT2D eigenvalue weighted by Gasteiger charge is 2.53. The van der Waals surface area contributed by atoms with Crippen LogP contribution in [0.25, 0.3) is 0 Å². The van der Waals surface area contributed by atoms with Gasteiger partial charge in [-0.3, -0.25) is 0 Å². The first-order chi connectivity index (χ1) is 5.29. The highest BCUT2D eigenvalue weighted by molar-refractivity contribution is 7.61. The van der Waals surface area contributed by atoms with Crippen LogP contribution in [-0.2, 0) is 0 Å². The molecule has 11 heavy (non-hydrogen) atoms. The Hall–Kier alpha value is 0.170. The number of rotatable bonds is 0. The van der Waals surface area contributed by atoms with Crippen molar-refractivity contribution in [1.29, 1.82) is 0 Å². The molecule has 0 aromatic rings. The first-order valence-corrected chi connectivity index (χ1v) is 6.38. The molecule has 0 N–H and O–H groups in total. The van der Waals surface area contributed by atoms with Crippen molar-refractivity contribution in [1.82, 2.24) is 0 Å². The average molecular weight is 166 g/mol. The summed E-state index contributed by atoms with van der Waals surface area (Å²) in [6.45, 7) is 4.78. The van der Waals surface area contributed by atoms with Crippen molar-refractivity contribution in [2.75, 3.05) is 6.16 Å². The zero-order valence-corrected chi connectivity index (χ0v) is 8.20. The Morgan fingerprint density at radius 2 is 2.09 bits per heavy atom. The molecule has 0 aromatic carbocycles. The molecule has 1 heteroatoms. The van der Waals surface area contributed by atoms with E-state index in [2.05, 4.69) is 13.8 Å². The Balaban J connectivity index is 2.10. The predicted molar refractivity (Wildman–Crippen MR) is 50.5 cm³/mol. The minimum Gasteiger partial charge on any atom is -0.0917 e. The van der Waals surface area contributed by atoms with Gasteiger partial charge in [-0.2, -0.15) is 0 Å². The van der Waals surface area contributed by atoms with Crippen LogP contribution >= 0.6 is 7.92 Å². The fourth-order valence-corrected chi connectivity index (χ4v) is 7.79. The summed E-state index contributed by atoms with van der Waals surface area (Å²) in [5, 5.41) is 0. The second-order valence-corrected chi connectivity index (χ2v) is 7.00. The van der Waals surface area contributed by atoms with E-state index in [9.17, 15) is 0 Å². The van der Waals surface area contributed by atoms with E-state index in [0.717, 1.165) is 17.2 Å². The van der Waals surface area contributed by atoms with E-state index >= 15 is 0 Å². The van der Waals surface area contributed by atoms with E-state index in [1.165, 1.54) is 0 Å². The van der Waals surface area contributed by atoms with Crippen molar-refractivity contribution in [2.45, 2.75) is 38.0 Å². The van der Waals surface area contributed by atoms with Crippen LogP contribution in [0.15, 0.2) is 11.1 Å². The second-order valence-electron chi connectivity index (χ2n) is 4.35. The molecule has 4 bridgehead atoms. The molecule has 1 unspecified atom stereocenters. The number of hydrogen-bond donors (Lipinski definition) is 0. The summed E-state index contributed by atoms with van der Waals surface area (Å²) in [7, 11) is 0.467. The number of allylic oxidation sites excluding steroid dienone is 2. The van der Waals surface area contributed by atoms with Crippen molar-refractivity contribution < 1.29 is 0 Å². The zero-order chi connectivity index (χ0) is 7.59. The Morgan fingerprint density at radius 1 is 1.27 bits per heavy atom. The fraction of sp³-hybridized carbons (Fsp3) is 0.800. The Labute approximate surface area is 69.8 Å². The quantitative estimate of drug-likeness (QED) is 0.383. The zero-order valence-electron chi connectivity index (χ0n) is 7.30. The smallest absolute Gasteiger partial charge is 0.00347 e. The summed E-state index contributed by atoms with van der Waals surface area (Å²) >= 11 is 0. The van der Waals surface area contributed by atoms with Crippen LogP contribution in [0, 0.1) is 5.92 Å². The van der Waals surface area contributed by atoms with Crippen LogP contribution in [0.2, 0.25) is 0 Å². The fourth-order valence-electron chi connectivity index (χ4n) is 3.43. The maximum atomic E-state index is 2.40. The third kappa shape index (κ3) is 0.617. The van der Waals surface area contributed by atoms with Gasteiger partial charge in [-0.15, -0.1) is 0 Å². The molecule has 0 spiro atoms. The molecular formula is C10H15P. The predicted octanol–water partition coefficient (Wildman–Crippen LogP) is 2.98. The Bertz CT molecular complexity index is 241. The average Bonchev–Trinajstić information content (AvgIpc) is 2.61. The third-order valence-corrected chi connectivity index (χ3v) is 7.75. The largest absolute Gasteiger partial charge is 0.0917 e. The molecule has 3 heterocycles. The monoisotopic (exact) mass is 166 g/mol. The molecule has 60 valence electrons. The molecule has 0 radical (unpaired) electrons. The summed E-state index contributed by atoms with van der Waals surface area (Å²) < 4.78 is 0. The van der Waals surface area contributed by atoms with Gasteiger partial charge in [0, 0.05) is 11.3 Å². The van der Waals surface area contributed by atoms with Crippen molar-refractivity contribution in [3.8, 4) is 0 Å². The normalized spacial score (nSPS) is 52.9. The molecule has 2 saturated heterocycles. The first kappa shape index (κ1) is 6.66. The van der Waals surface area contributed by atoms with Gasteiger partial charge in [0.05, 0.1) is 0 Å². The lowest BCUT2D eigenvalue weighted by atomic mass is 9.84.